The van der Waals surface area contributed by atoms with Crippen molar-refractivity contribution in [1.82, 2.24) is 0 Å². The molecule has 0 fully saturated rings. The maximum absolute atomic E-state index is 12.1. The van der Waals surface area contributed by atoms with Crippen LogP contribution in [0.3, 0.4) is 0 Å². The van der Waals surface area contributed by atoms with E-state index in [4.69, 9.17) is 20.9 Å². The molecule has 0 bridgehead atoms. The van der Waals surface area contributed by atoms with Crippen LogP contribution in [0, 0.1) is 0 Å². The summed E-state index contributed by atoms with van der Waals surface area (Å²) >= 11 is 0. The Bertz CT molecular complexity index is 737. The highest BCUT2D eigenvalue weighted by molar-refractivity contribution is 5.97. The molecule has 2 aromatic carbocycles. The van der Waals surface area contributed by atoms with Crippen LogP contribution < -0.4 is 11.5 Å². The predicted octanol–water partition coefficient (Wildman–Crippen LogP) is 0.408. The van der Waals surface area contributed by atoms with Gasteiger partial charge in [-0.15, -0.1) is 0 Å². The fraction of sp³-hybridized carbons (Fsp3) is 0.111. The van der Waals surface area contributed by atoms with Gasteiger partial charge in [-0.25, -0.2) is 9.59 Å². The number of benzene rings is 2. The highest BCUT2D eigenvalue weighted by Crippen LogP contribution is 2.12. The second-order valence-corrected chi connectivity index (χ2v) is 5.19. The van der Waals surface area contributed by atoms with Gasteiger partial charge in [-0.2, -0.15) is 0 Å². The van der Waals surface area contributed by atoms with Crippen LogP contribution in [0.1, 0.15) is 20.7 Å². The molecule has 0 aliphatic rings. The lowest BCUT2D eigenvalue weighted by molar-refractivity contribution is -0.143. The normalized spacial score (nSPS) is 12.5. The molecule has 8 nitrogen and oxygen atoms in total. The molecule has 134 valence electrons. The largest absolute Gasteiger partial charge is 0.444 e. The molecule has 0 heterocycles. The fourth-order valence-corrected chi connectivity index (χ4v) is 2.05. The monoisotopic (exact) mass is 356 g/mol. The van der Waals surface area contributed by atoms with Crippen molar-refractivity contribution in [3.05, 3.63) is 71.8 Å². The van der Waals surface area contributed by atoms with Gasteiger partial charge in [0.25, 0.3) is 11.8 Å². The highest BCUT2D eigenvalue weighted by atomic mass is 16.6. The summed E-state index contributed by atoms with van der Waals surface area (Å²) in [6, 6.07) is 15.4. The molecule has 0 saturated heterocycles. The zero-order chi connectivity index (χ0) is 19.1. The fourth-order valence-electron chi connectivity index (χ4n) is 2.05. The lowest BCUT2D eigenvalue weighted by Gasteiger charge is -2.22. The van der Waals surface area contributed by atoms with E-state index in [2.05, 4.69) is 0 Å². The Balaban J connectivity index is 2.20. The molecule has 2 unspecified atom stereocenters. The average molecular weight is 356 g/mol. The number of ether oxygens (including phenoxy) is 2. The third kappa shape index (κ3) is 4.67. The van der Waals surface area contributed by atoms with E-state index in [0.717, 1.165) is 0 Å². The molecular weight excluding hydrogens is 340 g/mol. The summed E-state index contributed by atoms with van der Waals surface area (Å²) in [5.74, 6) is -4.20. The molecule has 26 heavy (non-hydrogen) atoms. The van der Waals surface area contributed by atoms with E-state index in [0.29, 0.717) is 0 Å². The van der Waals surface area contributed by atoms with Gasteiger partial charge in [-0.1, -0.05) is 36.4 Å². The molecule has 8 heteroatoms. The molecule has 0 radical (unpaired) electrons. The van der Waals surface area contributed by atoms with Gasteiger partial charge in [-0.3, -0.25) is 9.59 Å². The number of nitrogens with two attached hydrogens (primary N) is 2. The molecule has 0 aromatic heterocycles. The highest BCUT2D eigenvalue weighted by Gasteiger charge is 2.38. The van der Waals surface area contributed by atoms with E-state index in [1.807, 2.05) is 0 Å². The van der Waals surface area contributed by atoms with Crippen molar-refractivity contribution in [2.75, 3.05) is 0 Å². The first kappa shape index (κ1) is 18.7. The van der Waals surface area contributed by atoms with Gasteiger partial charge in [0.2, 0.25) is 12.2 Å². The summed E-state index contributed by atoms with van der Waals surface area (Å²) in [4.78, 5) is 47.6. The Labute approximate surface area is 148 Å². The number of carbonyl (C=O) groups excluding carboxylic acids is 4. The number of rotatable bonds is 7. The number of amides is 2. The molecule has 0 aliphatic carbocycles. The van der Waals surface area contributed by atoms with Gasteiger partial charge in [0.05, 0.1) is 11.1 Å². The number of hydrogen-bond donors (Lipinski definition) is 2. The van der Waals surface area contributed by atoms with Crippen molar-refractivity contribution < 1.29 is 28.7 Å². The van der Waals surface area contributed by atoms with E-state index < -0.39 is 36.0 Å². The van der Waals surface area contributed by atoms with Crippen LogP contribution in [-0.2, 0) is 19.1 Å². The van der Waals surface area contributed by atoms with Crippen molar-refractivity contribution in [3.8, 4) is 0 Å². The second kappa shape index (κ2) is 8.43. The van der Waals surface area contributed by atoms with E-state index >= 15 is 0 Å². The van der Waals surface area contributed by atoms with Crippen molar-refractivity contribution in [2.24, 2.45) is 11.5 Å². The standard InChI is InChI=1S/C18H16N2O6/c19-15(21)13(25-17(23)11-7-3-1-4-8-11)14(16(20)22)26-18(24)12-9-5-2-6-10-12/h1-10,13-14H,(H2,19,21)(H2,20,22). The predicted molar refractivity (Wildman–Crippen MR) is 89.7 cm³/mol. The van der Waals surface area contributed by atoms with Gasteiger partial charge in [0.1, 0.15) is 0 Å². The lowest BCUT2D eigenvalue weighted by Crippen LogP contribution is -2.51. The SMILES string of the molecule is NC(=O)C(OC(=O)c1ccccc1)C(OC(=O)c1ccccc1)C(N)=O. The van der Waals surface area contributed by atoms with Crippen LogP contribution in [0.4, 0.5) is 0 Å². The minimum absolute atomic E-state index is 0.122. The zero-order valence-electron chi connectivity index (χ0n) is 13.5. The third-order valence-electron chi connectivity index (χ3n) is 3.32. The Kier molecular flexibility index (Phi) is 6.05. The van der Waals surface area contributed by atoms with Crippen LogP contribution in [0.25, 0.3) is 0 Å². The van der Waals surface area contributed by atoms with Crippen LogP contribution in [0.15, 0.2) is 60.7 Å². The van der Waals surface area contributed by atoms with Gasteiger partial charge < -0.3 is 20.9 Å². The minimum Gasteiger partial charge on any atom is -0.444 e. The van der Waals surface area contributed by atoms with Gasteiger partial charge >= 0.3 is 11.9 Å². The molecule has 0 saturated carbocycles. The maximum atomic E-state index is 12.1. The minimum atomic E-state index is -1.87. The zero-order valence-corrected chi connectivity index (χ0v) is 13.5. The van der Waals surface area contributed by atoms with Crippen molar-refractivity contribution >= 4 is 23.8 Å². The summed E-state index contributed by atoms with van der Waals surface area (Å²) in [6.45, 7) is 0. The Hall–Kier alpha value is -3.68. The van der Waals surface area contributed by atoms with Crippen LogP contribution >= 0.6 is 0 Å². The Morgan fingerprint density at radius 2 is 0.923 bits per heavy atom. The van der Waals surface area contributed by atoms with Gasteiger partial charge in [0.15, 0.2) is 0 Å². The average Bonchev–Trinajstić information content (AvgIpc) is 2.65. The number of primary amides is 2. The van der Waals surface area contributed by atoms with Crippen LogP contribution in [0.5, 0.6) is 0 Å². The summed E-state index contributed by atoms with van der Waals surface area (Å²) in [6.07, 6.45) is -3.74. The Morgan fingerprint density at radius 1 is 0.615 bits per heavy atom. The van der Waals surface area contributed by atoms with Gasteiger partial charge in [-0.05, 0) is 24.3 Å². The van der Waals surface area contributed by atoms with Crippen molar-refractivity contribution in [3.63, 3.8) is 0 Å². The molecule has 2 amide bonds. The first-order chi connectivity index (χ1) is 12.4. The Morgan fingerprint density at radius 3 is 1.19 bits per heavy atom. The molecule has 2 rings (SSSR count). The van der Waals surface area contributed by atoms with Crippen LogP contribution in [0.2, 0.25) is 0 Å². The second-order valence-electron chi connectivity index (χ2n) is 5.19. The summed E-state index contributed by atoms with van der Waals surface area (Å²) < 4.78 is 9.93. The number of esters is 2. The smallest absolute Gasteiger partial charge is 0.339 e. The lowest BCUT2D eigenvalue weighted by atomic mass is 10.1. The molecule has 0 spiro atoms. The van der Waals surface area contributed by atoms with E-state index in [1.54, 1.807) is 36.4 Å². The summed E-state index contributed by atoms with van der Waals surface area (Å²) in [5.41, 5.74) is 10.6. The first-order valence-electron chi connectivity index (χ1n) is 7.51. The third-order valence-corrected chi connectivity index (χ3v) is 3.32. The number of carbonyl (C=O) groups is 4. The maximum Gasteiger partial charge on any atom is 0.339 e. The number of hydrogen-bond acceptors (Lipinski definition) is 6. The van der Waals surface area contributed by atoms with E-state index in [-0.39, 0.29) is 11.1 Å². The molecule has 2 aromatic rings. The molecule has 4 N–H and O–H groups in total. The topological polar surface area (TPSA) is 139 Å². The van der Waals surface area contributed by atoms with Crippen molar-refractivity contribution in [2.45, 2.75) is 12.2 Å². The van der Waals surface area contributed by atoms with E-state index in [9.17, 15) is 19.2 Å². The summed E-state index contributed by atoms with van der Waals surface area (Å²) in [7, 11) is 0. The van der Waals surface area contributed by atoms with Crippen molar-refractivity contribution in [1.29, 1.82) is 0 Å². The van der Waals surface area contributed by atoms with E-state index in [1.165, 1.54) is 24.3 Å². The molecule has 0 aliphatic heterocycles. The van der Waals surface area contributed by atoms with Crippen LogP contribution in [-0.4, -0.2) is 36.0 Å². The quantitative estimate of drug-likeness (QED) is 0.689. The summed E-state index contributed by atoms with van der Waals surface area (Å²) in [5, 5.41) is 0. The van der Waals surface area contributed by atoms with Gasteiger partial charge in [0, 0.05) is 0 Å². The first-order valence-corrected chi connectivity index (χ1v) is 7.51. The molecular formula is C18H16N2O6. The molecule has 2 atom stereocenters.